The van der Waals surface area contributed by atoms with Gasteiger partial charge in [-0.05, 0) is 45.4 Å². The number of sulfone groups is 1. The molecule has 0 radical (unpaired) electrons. The molecule has 0 aromatic carbocycles. The zero-order chi connectivity index (χ0) is 16.9. The smallest absolute Gasteiger partial charge is 0.191 e. The molecule has 7 heteroatoms. The van der Waals surface area contributed by atoms with Crippen LogP contribution in [-0.4, -0.2) is 45.0 Å². The molecule has 0 spiro atoms. The fourth-order valence-electron chi connectivity index (χ4n) is 2.78. The highest BCUT2D eigenvalue weighted by Gasteiger charge is 2.32. The Morgan fingerprint density at radius 2 is 1.74 bits per heavy atom. The topological polar surface area (TPSA) is 70.6 Å². The summed E-state index contributed by atoms with van der Waals surface area (Å²) in [4.78, 5) is 4.49. The number of guanidine groups is 1. The van der Waals surface area contributed by atoms with Gasteiger partial charge in [0.2, 0.25) is 0 Å². The van der Waals surface area contributed by atoms with Crippen molar-refractivity contribution in [1.82, 2.24) is 10.6 Å². The average molecular weight is 459 g/mol. The van der Waals surface area contributed by atoms with Gasteiger partial charge in [-0.15, -0.1) is 24.0 Å². The lowest BCUT2D eigenvalue weighted by Crippen LogP contribution is -2.44. The molecule has 138 valence electrons. The summed E-state index contributed by atoms with van der Waals surface area (Å²) in [6.45, 7) is 9.66. The molecule has 1 rings (SSSR count). The summed E-state index contributed by atoms with van der Waals surface area (Å²) in [5.74, 6) is 0.721. The van der Waals surface area contributed by atoms with Gasteiger partial charge in [-0.1, -0.05) is 19.8 Å². The fraction of sp³-hybridized carbons (Fsp3) is 0.938. The Kier molecular flexibility index (Phi) is 9.42. The summed E-state index contributed by atoms with van der Waals surface area (Å²) in [5.41, 5.74) is 0.378. The minimum Gasteiger partial charge on any atom is -0.357 e. The maximum absolute atomic E-state index is 11.8. The van der Waals surface area contributed by atoms with Crippen molar-refractivity contribution in [2.75, 3.05) is 25.9 Å². The standard InChI is InChI=1S/C16H33N3O2S.HI/c1-6-16(10-8-9-11-16)13-19-14(17-7-2)18-12-15(3,4)22(5,20)21;/h6-13H2,1-5H3,(H2,17,18,19);1H. The summed E-state index contributed by atoms with van der Waals surface area (Å²) in [7, 11) is -3.12. The van der Waals surface area contributed by atoms with Gasteiger partial charge in [-0.3, -0.25) is 4.99 Å². The second-order valence-corrected chi connectivity index (χ2v) is 9.79. The van der Waals surface area contributed by atoms with Crippen molar-refractivity contribution >= 4 is 39.8 Å². The molecule has 0 unspecified atom stereocenters. The molecule has 0 bridgehead atoms. The van der Waals surface area contributed by atoms with Gasteiger partial charge >= 0.3 is 0 Å². The van der Waals surface area contributed by atoms with Crippen molar-refractivity contribution < 1.29 is 8.42 Å². The summed E-state index contributed by atoms with van der Waals surface area (Å²) >= 11 is 0. The Bertz CT molecular complexity index is 484. The predicted molar refractivity (Wildman–Crippen MR) is 110 cm³/mol. The molecule has 1 aliphatic carbocycles. The van der Waals surface area contributed by atoms with Gasteiger partial charge in [0, 0.05) is 19.3 Å². The molecule has 0 aromatic heterocycles. The molecule has 0 saturated heterocycles. The zero-order valence-corrected chi connectivity index (χ0v) is 18.4. The Morgan fingerprint density at radius 3 is 2.17 bits per heavy atom. The molecule has 1 fully saturated rings. The van der Waals surface area contributed by atoms with Crippen LogP contribution in [0.25, 0.3) is 0 Å². The number of aliphatic imine (C=N–C) groups is 1. The van der Waals surface area contributed by atoms with Crippen molar-refractivity contribution in [2.45, 2.75) is 64.5 Å². The van der Waals surface area contributed by atoms with E-state index in [4.69, 9.17) is 0 Å². The van der Waals surface area contributed by atoms with Crippen LogP contribution in [0.2, 0.25) is 0 Å². The first kappa shape index (κ1) is 22.9. The van der Waals surface area contributed by atoms with E-state index in [1.54, 1.807) is 13.8 Å². The van der Waals surface area contributed by atoms with E-state index < -0.39 is 14.6 Å². The first-order chi connectivity index (χ1) is 10.2. The molecule has 1 aliphatic rings. The van der Waals surface area contributed by atoms with Gasteiger partial charge in [0.05, 0.1) is 11.3 Å². The van der Waals surface area contributed by atoms with Crippen molar-refractivity contribution in [1.29, 1.82) is 0 Å². The molecular formula is C16H34IN3O2S. The second kappa shape index (κ2) is 9.44. The van der Waals surface area contributed by atoms with E-state index in [0.717, 1.165) is 19.0 Å². The number of nitrogens with zero attached hydrogens (tertiary/aromatic N) is 1. The molecule has 0 aliphatic heterocycles. The Hall–Kier alpha value is -0.0500. The minimum absolute atomic E-state index is 0. The summed E-state index contributed by atoms with van der Waals surface area (Å²) < 4.78 is 22.7. The van der Waals surface area contributed by atoms with Crippen molar-refractivity contribution in [3.63, 3.8) is 0 Å². The summed E-state index contributed by atoms with van der Waals surface area (Å²) in [6, 6.07) is 0. The molecule has 0 atom stereocenters. The highest BCUT2D eigenvalue weighted by molar-refractivity contribution is 14.0. The van der Waals surface area contributed by atoms with Gasteiger partial charge in [-0.25, -0.2) is 8.42 Å². The van der Waals surface area contributed by atoms with Crippen LogP contribution in [-0.2, 0) is 9.84 Å². The monoisotopic (exact) mass is 459 g/mol. The van der Waals surface area contributed by atoms with Crippen LogP contribution >= 0.6 is 24.0 Å². The molecule has 2 N–H and O–H groups in total. The van der Waals surface area contributed by atoms with E-state index in [-0.39, 0.29) is 30.5 Å². The number of rotatable bonds is 7. The van der Waals surface area contributed by atoms with Gasteiger partial charge in [0.1, 0.15) is 0 Å². The highest BCUT2D eigenvalue weighted by Crippen LogP contribution is 2.40. The minimum atomic E-state index is -3.12. The van der Waals surface area contributed by atoms with Crippen LogP contribution in [0.5, 0.6) is 0 Å². The van der Waals surface area contributed by atoms with Crippen molar-refractivity contribution in [3.05, 3.63) is 0 Å². The maximum atomic E-state index is 11.8. The van der Waals surface area contributed by atoms with E-state index in [1.807, 2.05) is 6.92 Å². The lowest BCUT2D eigenvalue weighted by molar-refractivity contribution is 0.283. The van der Waals surface area contributed by atoms with Gasteiger partial charge < -0.3 is 10.6 Å². The van der Waals surface area contributed by atoms with Crippen molar-refractivity contribution in [3.8, 4) is 0 Å². The van der Waals surface area contributed by atoms with E-state index in [9.17, 15) is 8.42 Å². The summed E-state index contributed by atoms with van der Waals surface area (Å²) in [6.07, 6.45) is 7.60. The van der Waals surface area contributed by atoms with E-state index in [1.165, 1.54) is 38.4 Å². The summed E-state index contributed by atoms with van der Waals surface area (Å²) in [5, 5.41) is 6.64. The molecule has 5 nitrogen and oxygen atoms in total. The van der Waals surface area contributed by atoms with Crippen LogP contribution in [0.1, 0.15) is 59.8 Å². The first-order valence-corrected chi connectivity index (χ1v) is 10.3. The number of hydrogen-bond donors (Lipinski definition) is 2. The van der Waals surface area contributed by atoms with Crippen LogP contribution in [0, 0.1) is 5.41 Å². The maximum Gasteiger partial charge on any atom is 0.191 e. The predicted octanol–water partition coefficient (Wildman–Crippen LogP) is 2.95. The second-order valence-electron chi connectivity index (χ2n) is 7.14. The number of halogens is 1. The normalized spacial score (nSPS) is 18.4. The lowest BCUT2D eigenvalue weighted by atomic mass is 9.83. The first-order valence-electron chi connectivity index (χ1n) is 8.37. The number of hydrogen-bond acceptors (Lipinski definition) is 3. The molecule has 23 heavy (non-hydrogen) atoms. The Balaban J connectivity index is 0.00000484. The van der Waals surface area contributed by atoms with Crippen LogP contribution in [0.3, 0.4) is 0 Å². The molecule has 0 aromatic rings. The SMILES string of the molecule is CCNC(=NCC(C)(C)S(C)(=O)=O)NCC1(CC)CCCC1.I. The van der Waals surface area contributed by atoms with E-state index >= 15 is 0 Å². The largest absolute Gasteiger partial charge is 0.357 e. The van der Waals surface area contributed by atoms with Crippen LogP contribution in [0.4, 0.5) is 0 Å². The van der Waals surface area contributed by atoms with Crippen molar-refractivity contribution in [2.24, 2.45) is 10.4 Å². The molecule has 0 heterocycles. The third-order valence-electron chi connectivity index (χ3n) is 5.01. The molecule has 0 amide bonds. The quantitative estimate of drug-likeness (QED) is 0.349. The third-order valence-corrected chi connectivity index (χ3v) is 7.15. The van der Waals surface area contributed by atoms with Gasteiger partial charge in [0.25, 0.3) is 0 Å². The van der Waals surface area contributed by atoms with E-state index in [0.29, 0.717) is 5.41 Å². The zero-order valence-electron chi connectivity index (χ0n) is 15.2. The molecule has 1 saturated carbocycles. The van der Waals surface area contributed by atoms with Gasteiger partial charge in [-0.2, -0.15) is 0 Å². The number of nitrogens with one attached hydrogen (secondary N) is 2. The Morgan fingerprint density at radius 1 is 1.17 bits per heavy atom. The molecular weight excluding hydrogens is 425 g/mol. The van der Waals surface area contributed by atoms with Gasteiger partial charge in [0.15, 0.2) is 15.8 Å². The van der Waals surface area contributed by atoms with Crippen LogP contribution < -0.4 is 10.6 Å². The Labute approximate surface area is 159 Å². The lowest BCUT2D eigenvalue weighted by Gasteiger charge is -2.29. The van der Waals surface area contributed by atoms with Crippen LogP contribution in [0.15, 0.2) is 4.99 Å². The van der Waals surface area contributed by atoms with E-state index in [2.05, 4.69) is 22.5 Å². The fourth-order valence-corrected chi connectivity index (χ4v) is 3.08. The highest BCUT2D eigenvalue weighted by atomic mass is 127. The third kappa shape index (κ3) is 6.76. The average Bonchev–Trinajstić information content (AvgIpc) is 2.90.